The summed E-state index contributed by atoms with van der Waals surface area (Å²) in [7, 11) is 4.83. The maximum absolute atomic E-state index is 12.2. The summed E-state index contributed by atoms with van der Waals surface area (Å²) in [6.07, 6.45) is 0.792. The van der Waals surface area contributed by atoms with Gasteiger partial charge >= 0.3 is 0 Å². The van der Waals surface area contributed by atoms with Crippen molar-refractivity contribution in [3.63, 3.8) is 0 Å². The molecule has 0 atom stereocenters. The molecule has 0 fully saturated rings. The van der Waals surface area contributed by atoms with E-state index < -0.39 is 0 Å². The minimum atomic E-state index is -0.122. The van der Waals surface area contributed by atoms with E-state index in [0.717, 1.165) is 28.4 Å². The standard InChI is InChI=1S/C22H24N2O5/c1-26-18-6-4-5-16(11-18)21-12-17(24-29-21)13-22(25)23-10-9-15-7-8-19(27-2)14-20(15)28-3/h4-8,11-12,14H,9-10,13H2,1-3H3,(H,23,25). The van der Waals surface area contributed by atoms with E-state index in [0.29, 0.717) is 24.4 Å². The highest BCUT2D eigenvalue weighted by atomic mass is 16.5. The van der Waals surface area contributed by atoms with Gasteiger partial charge in [0.15, 0.2) is 5.76 Å². The number of aromatic nitrogens is 1. The zero-order chi connectivity index (χ0) is 20.6. The first-order valence-corrected chi connectivity index (χ1v) is 9.20. The van der Waals surface area contributed by atoms with Crippen molar-refractivity contribution in [2.75, 3.05) is 27.9 Å². The predicted molar refractivity (Wildman–Crippen MR) is 108 cm³/mol. The van der Waals surface area contributed by atoms with Gasteiger partial charge in [0.05, 0.1) is 33.4 Å². The Labute approximate surface area is 169 Å². The molecule has 0 aliphatic heterocycles. The van der Waals surface area contributed by atoms with Gasteiger partial charge in [0.2, 0.25) is 5.91 Å². The zero-order valence-corrected chi connectivity index (χ0v) is 16.7. The van der Waals surface area contributed by atoms with Crippen molar-refractivity contribution in [2.24, 2.45) is 0 Å². The van der Waals surface area contributed by atoms with E-state index >= 15 is 0 Å². The molecule has 7 nitrogen and oxygen atoms in total. The van der Waals surface area contributed by atoms with Gasteiger partial charge in [-0.15, -0.1) is 0 Å². The van der Waals surface area contributed by atoms with Crippen molar-refractivity contribution in [3.05, 3.63) is 59.8 Å². The molecule has 0 saturated heterocycles. The molecular formula is C22H24N2O5. The highest BCUT2D eigenvalue weighted by molar-refractivity contribution is 5.78. The van der Waals surface area contributed by atoms with Crippen LogP contribution in [0.3, 0.4) is 0 Å². The zero-order valence-electron chi connectivity index (χ0n) is 16.7. The first kappa shape index (κ1) is 20.3. The Bertz CT molecular complexity index is 967. The molecule has 0 aliphatic carbocycles. The summed E-state index contributed by atoms with van der Waals surface area (Å²) in [6, 6.07) is 14.9. The largest absolute Gasteiger partial charge is 0.497 e. The summed E-state index contributed by atoms with van der Waals surface area (Å²) in [5.41, 5.74) is 2.41. The smallest absolute Gasteiger partial charge is 0.226 e. The van der Waals surface area contributed by atoms with E-state index in [1.807, 2.05) is 42.5 Å². The number of rotatable bonds is 9. The van der Waals surface area contributed by atoms with Crippen LogP contribution in [0.1, 0.15) is 11.3 Å². The van der Waals surface area contributed by atoms with Crippen LogP contribution in [-0.2, 0) is 17.6 Å². The molecule has 152 valence electrons. The first-order chi connectivity index (χ1) is 14.1. The molecule has 0 unspecified atom stereocenters. The van der Waals surface area contributed by atoms with Crippen LogP contribution in [0.15, 0.2) is 53.1 Å². The molecule has 1 N–H and O–H groups in total. The second-order valence-corrected chi connectivity index (χ2v) is 6.37. The Morgan fingerprint density at radius 1 is 1.00 bits per heavy atom. The van der Waals surface area contributed by atoms with Gasteiger partial charge in [-0.1, -0.05) is 23.4 Å². The second-order valence-electron chi connectivity index (χ2n) is 6.37. The van der Waals surface area contributed by atoms with Crippen molar-refractivity contribution in [1.82, 2.24) is 10.5 Å². The number of ether oxygens (including phenoxy) is 3. The van der Waals surface area contributed by atoms with Crippen LogP contribution in [0.4, 0.5) is 0 Å². The molecular weight excluding hydrogens is 372 g/mol. The summed E-state index contributed by atoms with van der Waals surface area (Å²) < 4.78 is 21.2. The number of hydrogen-bond donors (Lipinski definition) is 1. The summed E-state index contributed by atoms with van der Waals surface area (Å²) in [5.74, 6) is 2.66. The lowest BCUT2D eigenvalue weighted by atomic mass is 10.1. The van der Waals surface area contributed by atoms with Crippen LogP contribution in [0, 0.1) is 0 Å². The fourth-order valence-electron chi connectivity index (χ4n) is 2.93. The third-order valence-corrected chi connectivity index (χ3v) is 4.47. The average Bonchev–Trinajstić information content (AvgIpc) is 3.22. The summed E-state index contributed by atoms with van der Waals surface area (Å²) in [4.78, 5) is 12.2. The molecule has 7 heteroatoms. The number of carbonyl (C=O) groups excluding carboxylic acids is 1. The van der Waals surface area contributed by atoms with E-state index in [1.165, 1.54) is 0 Å². The number of carbonyl (C=O) groups is 1. The molecule has 0 spiro atoms. The van der Waals surface area contributed by atoms with Gasteiger partial charge in [-0.05, 0) is 30.2 Å². The monoisotopic (exact) mass is 396 g/mol. The molecule has 0 saturated carbocycles. The normalized spacial score (nSPS) is 10.4. The number of amides is 1. The number of hydrogen-bond acceptors (Lipinski definition) is 6. The molecule has 29 heavy (non-hydrogen) atoms. The van der Waals surface area contributed by atoms with Crippen LogP contribution in [0.5, 0.6) is 17.2 Å². The Hall–Kier alpha value is -3.48. The van der Waals surface area contributed by atoms with E-state index in [9.17, 15) is 4.79 Å². The van der Waals surface area contributed by atoms with Crippen LogP contribution in [0.2, 0.25) is 0 Å². The fraction of sp³-hybridized carbons (Fsp3) is 0.273. The van der Waals surface area contributed by atoms with E-state index in [1.54, 1.807) is 27.4 Å². The quantitative estimate of drug-likeness (QED) is 0.598. The van der Waals surface area contributed by atoms with Crippen molar-refractivity contribution < 1.29 is 23.5 Å². The molecule has 0 aliphatic rings. The van der Waals surface area contributed by atoms with Crippen molar-refractivity contribution in [2.45, 2.75) is 12.8 Å². The van der Waals surface area contributed by atoms with Crippen LogP contribution in [-0.4, -0.2) is 38.9 Å². The Kier molecular flexibility index (Phi) is 6.73. The lowest BCUT2D eigenvalue weighted by molar-refractivity contribution is -0.120. The first-order valence-electron chi connectivity index (χ1n) is 9.20. The molecule has 3 rings (SSSR count). The minimum absolute atomic E-state index is 0.122. The van der Waals surface area contributed by atoms with Gasteiger partial charge in [0.1, 0.15) is 17.2 Å². The molecule has 3 aromatic rings. The lowest BCUT2D eigenvalue weighted by Crippen LogP contribution is -2.27. The summed E-state index contributed by atoms with van der Waals surface area (Å²) >= 11 is 0. The van der Waals surface area contributed by atoms with Crippen molar-refractivity contribution in [1.29, 1.82) is 0 Å². The average molecular weight is 396 g/mol. The summed E-state index contributed by atoms with van der Waals surface area (Å²) in [5, 5.41) is 6.89. The Balaban J connectivity index is 1.53. The second kappa shape index (κ2) is 9.64. The van der Waals surface area contributed by atoms with Crippen molar-refractivity contribution in [3.8, 4) is 28.6 Å². The SMILES string of the molecule is COc1cccc(-c2cc(CC(=O)NCCc3ccc(OC)cc3OC)no2)c1. The van der Waals surface area contributed by atoms with Crippen LogP contribution in [0.25, 0.3) is 11.3 Å². The van der Waals surface area contributed by atoms with Crippen LogP contribution < -0.4 is 19.5 Å². The fourth-order valence-corrected chi connectivity index (χ4v) is 2.93. The topological polar surface area (TPSA) is 82.8 Å². The maximum atomic E-state index is 12.2. The highest BCUT2D eigenvalue weighted by Gasteiger charge is 2.12. The molecule has 1 aromatic heterocycles. The van der Waals surface area contributed by atoms with Gasteiger partial charge in [0, 0.05) is 24.2 Å². The maximum Gasteiger partial charge on any atom is 0.226 e. The van der Waals surface area contributed by atoms with E-state index in [2.05, 4.69) is 10.5 Å². The molecule has 0 bridgehead atoms. The van der Waals surface area contributed by atoms with Gasteiger partial charge in [-0.25, -0.2) is 0 Å². The Morgan fingerprint density at radius 3 is 2.55 bits per heavy atom. The third-order valence-electron chi connectivity index (χ3n) is 4.47. The molecule has 1 heterocycles. The lowest BCUT2D eigenvalue weighted by Gasteiger charge is -2.10. The highest BCUT2D eigenvalue weighted by Crippen LogP contribution is 2.25. The molecule has 1 amide bonds. The number of benzene rings is 2. The van der Waals surface area contributed by atoms with Crippen molar-refractivity contribution >= 4 is 5.91 Å². The summed E-state index contributed by atoms with van der Waals surface area (Å²) in [6.45, 7) is 0.488. The Morgan fingerprint density at radius 2 is 1.79 bits per heavy atom. The van der Waals surface area contributed by atoms with Gasteiger partial charge in [-0.2, -0.15) is 0 Å². The number of nitrogens with one attached hydrogen (secondary N) is 1. The third kappa shape index (κ3) is 5.28. The number of nitrogens with zero attached hydrogens (tertiary/aromatic N) is 1. The van der Waals surface area contributed by atoms with Gasteiger partial charge in [0.25, 0.3) is 0 Å². The number of methoxy groups -OCH3 is 3. The van der Waals surface area contributed by atoms with E-state index in [-0.39, 0.29) is 12.3 Å². The predicted octanol–water partition coefficient (Wildman–Crippen LogP) is 3.27. The minimum Gasteiger partial charge on any atom is -0.497 e. The van der Waals surface area contributed by atoms with Gasteiger partial charge < -0.3 is 24.1 Å². The van der Waals surface area contributed by atoms with Gasteiger partial charge in [-0.3, -0.25) is 4.79 Å². The molecule has 0 radical (unpaired) electrons. The van der Waals surface area contributed by atoms with E-state index in [4.69, 9.17) is 18.7 Å². The van der Waals surface area contributed by atoms with Crippen LogP contribution >= 0.6 is 0 Å². The molecule has 2 aromatic carbocycles.